The van der Waals surface area contributed by atoms with Crippen molar-refractivity contribution in [2.75, 3.05) is 13.3 Å². The Balaban J connectivity index is 2.02. The highest BCUT2D eigenvalue weighted by atomic mass is 31.2. The van der Waals surface area contributed by atoms with Crippen LogP contribution in [0, 0.1) is 0 Å². The molecule has 0 saturated heterocycles. The van der Waals surface area contributed by atoms with Crippen LogP contribution in [0.4, 0.5) is 0 Å². The highest BCUT2D eigenvalue weighted by Gasteiger charge is 2.29. The third-order valence-corrected chi connectivity index (χ3v) is 4.78. The summed E-state index contributed by atoms with van der Waals surface area (Å²) < 4.78 is 28.2. The third kappa shape index (κ3) is 5.99. The van der Waals surface area contributed by atoms with E-state index in [4.69, 9.17) is 9.05 Å². The van der Waals surface area contributed by atoms with Gasteiger partial charge in [0.05, 0.1) is 20.3 Å². The molecule has 2 aromatic carbocycles. The average molecular weight is 334 g/mol. The quantitative estimate of drug-likeness (QED) is 0.543. The predicted octanol–water partition coefficient (Wildman–Crippen LogP) is 3.79. The van der Waals surface area contributed by atoms with Gasteiger partial charge in [0.25, 0.3) is 0 Å². The third-order valence-electron chi connectivity index (χ3n) is 3.09. The Morgan fingerprint density at radius 2 is 1.30 bits per heavy atom. The van der Waals surface area contributed by atoms with Crippen LogP contribution in [0.25, 0.3) is 0 Å². The van der Waals surface area contributed by atoms with Gasteiger partial charge in [0, 0.05) is 0 Å². The second kappa shape index (κ2) is 8.63. The molecule has 0 amide bonds. The molecule has 0 aliphatic rings. The predicted molar refractivity (Wildman–Crippen MR) is 87.0 cm³/mol. The first kappa shape index (κ1) is 17.4. The Morgan fingerprint density at radius 3 is 1.70 bits per heavy atom. The number of carbonyl (C=O) groups excluding carboxylic acids is 1. The number of esters is 1. The first-order valence-electron chi connectivity index (χ1n) is 7.14. The molecule has 0 N–H and O–H groups in total. The molecule has 122 valence electrons. The Hall–Kier alpha value is -1.94. The summed E-state index contributed by atoms with van der Waals surface area (Å²) in [5, 5.41) is 0. The number of ether oxygens (including phenoxy) is 1. The largest absolute Gasteiger partial charge is 0.469 e. The zero-order valence-corrected chi connectivity index (χ0v) is 13.8. The number of hydrogen-bond acceptors (Lipinski definition) is 5. The zero-order valence-electron chi connectivity index (χ0n) is 12.9. The van der Waals surface area contributed by atoms with Gasteiger partial charge in [-0.1, -0.05) is 60.7 Å². The van der Waals surface area contributed by atoms with Crippen molar-refractivity contribution in [3.8, 4) is 0 Å². The number of methoxy groups -OCH3 is 1. The van der Waals surface area contributed by atoms with E-state index < -0.39 is 19.7 Å². The molecule has 0 aromatic heterocycles. The van der Waals surface area contributed by atoms with Gasteiger partial charge in [0.1, 0.15) is 6.16 Å². The van der Waals surface area contributed by atoms with Crippen LogP contribution in [-0.4, -0.2) is 19.2 Å². The van der Waals surface area contributed by atoms with Gasteiger partial charge in [0.15, 0.2) is 0 Å². The summed E-state index contributed by atoms with van der Waals surface area (Å²) in [6, 6.07) is 18.6. The molecule has 6 heteroatoms. The molecule has 0 bridgehead atoms. The molecule has 0 radical (unpaired) electrons. The number of benzene rings is 2. The van der Waals surface area contributed by atoms with Gasteiger partial charge in [0.2, 0.25) is 0 Å². The minimum Gasteiger partial charge on any atom is -0.469 e. The van der Waals surface area contributed by atoms with Crippen LogP contribution in [0.3, 0.4) is 0 Å². The van der Waals surface area contributed by atoms with Gasteiger partial charge in [-0.25, -0.2) is 0 Å². The molecule has 23 heavy (non-hydrogen) atoms. The lowest BCUT2D eigenvalue weighted by atomic mass is 10.2. The summed E-state index contributed by atoms with van der Waals surface area (Å²) in [5.74, 6) is -0.630. The van der Waals surface area contributed by atoms with E-state index in [9.17, 15) is 9.36 Å². The van der Waals surface area contributed by atoms with Gasteiger partial charge in [-0.2, -0.15) is 0 Å². The van der Waals surface area contributed by atoms with E-state index in [0.717, 1.165) is 11.1 Å². The lowest BCUT2D eigenvalue weighted by molar-refractivity contribution is -0.137. The summed E-state index contributed by atoms with van der Waals surface area (Å²) in [7, 11) is -2.36. The van der Waals surface area contributed by atoms with E-state index in [1.165, 1.54) is 7.11 Å². The molecule has 5 nitrogen and oxygen atoms in total. The van der Waals surface area contributed by atoms with Crippen molar-refractivity contribution >= 4 is 13.6 Å². The van der Waals surface area contributed by atoms with Gasteiger partial charge in [-0.3, -0.25) is 9.36 Å². The molecule has 0 atom stereocenters. The van der Waals surface area contributed by atoms with Crippen molar-refractivity contribution in [2.24, 2.45) is 0 Å². The first-order valence-corrected chi connectivity index (χ1v) is 8.87. The van der Waals surface area contributed by atoms with Crippen molar-refractivity contribution in [1.29, 1.82) is 0 Å². The molecule has 0 saturated carbocycles. The van der Waals surface area contributed by atoms with Crippen molar-refractivity contribution in [2.45, 2.75) is 13.2 Å². The fourth-order valence-corrected chi connectivity index (χ4v) is 3.24. The highest BCUT2D eigenvalue weighted by molar-refractivity contribution is 7.54. The Labute approximate surface area is 135 Å². The van der Waals surface area contributed by atoms with E-state index in [-0.39, 0.29) is 13.2 Å². The SMILES string of the molecule is COC(=O)CP(=O)(OCc1ccccc1)OCc1ccccc1. The summed E-state index contributed by atoms with van der Waals surface area (Å²) in [6.07, 6.45) is -0.414. The van der Waals surface area contributed by atoms with Crippen LogP contribution in [0.1, 0.15) is 11.1 Å². The Kier molecular flexibility index (Phi) is 6.53. The minimum absolute atomic E-state index is 0.101. The number of hydrogen-bond donors (Lipinski definition) is 0. The van der Waals surface area contributed by atoms with Crippen LogP contribution in [0.2, 0.25) is 0 Å². The minimum atomic E-state index is -3.60. The summed E-state index contributed by atoms with van der Waals surface area (Å²) in [4.78, 5) is 11.5. The average Bonchev–Trinajstić information content (AvgIpc) is 2.60. The number of carbonyl (C=O) groups is 1. The van der Waals surface area contributed by atoms with Gasteiger partial charge in [-0.05, 0) is 11.1 Å². The molecular formula is C17H19O5P. The van der Waals surface area contributed by atoms with Crippen LogP contribution >= 0.6 is 7.60 Å². The Bertz CT molecular complexity index is 610. The molecule has 0 spiro atoms. The molecule has 0 fully saturated rings. The maximum absolute atomic E-state index is 12.8. The van der Waals surface area contributed by atoms with Gasteiger partial charge < -0.3 is 13.8 Å². The second-order valence-electron chi connectivity index (χ2n) is 4.86. The molecule has 2 aromatic rings. The van der Waals surface area contributed by atoms with Crippen LogP contribution < -0.4 is 0 Å². The lowest BCUT2D eigenvalue weighted by Crippen LogP contribution is -2.11. The van der Waals surface area contributed by atoms with E-state index in [1.54, 1.807) is 0 Å². The lowest BCUT2D eigenvalue weighted by Gasteiger charge is -2.18. The standard InChI is InChI=1S/C17H19O5P/c1-20-17(18)14-23(19,21-12-15-8-4-2-5-9-15)22-13-16-10-6-3-7-11-16/h2-11H,12-14H2,1H3. The van der Waals surface area contributed by atoms with Crippen molar-refractivity contribution < 1.29 is 23.1 Å². The van der Waals surface area contributed by atoms with E-state index in [1.807, 2.05) is 60.7 Å². The zero-order chi connectivity index (χ0) is 16.5. The fraction of sp³-hybridized carbons (Fsp3) is 0.235. The van der Waals surface area contributed by atoms with Gasteiger partial charge >= 0.3 is 13.6 Å². The normalized spacial score (nSPS) is 11.2. The fourth-order valence-electron chi connectivity index (χ4n) is 1.85. The second-order valence-corrected chi connectivity index (χ2v) is 6.92. The highest BCUT2D eigenvalue weighted by Crippen LogP contribution is 2.49. The van der Waals surface area contributed by atoms with Crippen molar-refractivity contribution in [3.63, 3.8) is 0 Å². The molecule has 0 unspecified atom stereocenters. The smallest absolute Gasteiger partial charge is 0.342 e. The van der Waals surface area contributed by atoms with Gasteiger partial charge in [-0.15, -0.1) is 0 Å². The molecule has 0 heterocycles. The molecule has 0 aliphatic carbocycles. The Morgan fingerprint density at radius 1 is 0.870 bits per heavy atom. The topological polar surface area (TPSA) is 61.8 Å². The van der Waals surface area contributed by atoms with Crippen LogP contribution in [-0.2, 0) is 36.4 Å². The van der Waals surface area contributed by atoms with Crippen molar-refractivity contribution in [3.05, 3.63) is 71.8 Å². The molecular weight excluding hydrogens is 315 g/mol. The van der Waals surface area contributed by atoms with E-state index >= 15 is 0 Å². The monoisotopic (exact) mass is 334 g/mol. The van der Waals surface area contributed by atoms with Crippen LogP contribution in [0.5, 0.6) is 0 Å². The first-order chi connectivity index (χ1) is 11.1. The maximum atomic E-state index is 12.8. The summed E-state index contributed by atoms with van der Waals surface area (Å²) >= 11 is 0. The maximum Gasteiger partial charge on any atom is 0.342 e. The molecule has 0 aliphatic heterocycles. The van der Waals surface area contributed by atoms with E-state index in [2.05, 4.69) is 4.74 Å². The number of rotatable bonds is 8. The van der Waals surface area contributed by atoms with Crippen molar-refractivity contribution in [1.82, 2.24) is 0 Å². The van der Waals surface area contributed by atoms with Crippen LogP contribution in [0.15, 0.2) is 60.7 Å². The molecule has 2 rings (SSSR count). The summed E-state index contributed by atoms with van der Waals surface area (Å²) in [6.45, 7) is 0.202. The van der Waals surface area contributed by atoms with E-state index in [0.29, 0.717) is 0 Å². The summed E-state index contributed by atoms with van der Waals surface area (Å²) in [5.41, 5.74) is 1.70.